The Kier molecular flexibility index (Phi) is 4.62. The highest BCUT2D eigenvalue weighted by Crippen LogP contribution is 2.31. The van der Waals surface area contributed by atoms with Crippen LogP contribution in [0.4, 0.5) is 0 Å². The molecule has 2 heterocycles. The van der Waals surface area contributed by atoms with Crippen LogP contribution in [0.1, 0.15) is 28.8 Å². The number of carbonyl (C=O) groups excluding carboxylic acids is 1. The Balaban J connectivity index is 1.60. The van der Waals surface area contributed by atoms with Crippen molar-refractivity contribution in [3.8, 4) is 16.9 Å². The molecule has 27 heavy (non-hydrogen) atoms. The summed E-state index contributed by atoms with van der Waals surface area (Å²) in [5.74, 6) is 0.750. The van der Waals surface area contributed by atoms with Crippen LogP contribution >= 0.6 is 0 Å². The molecule has 2 aromatic heterocycles. The fraction of sp³-hybridized carbons (Fsp3) is 0.286. The van der Waals surface area contributed by atoms with E-state index in [1.165, 1.54) is 0 Å². The molecule has 1 saturated carbocycles. The van der Waals surface area contributed by atoms with E-state index in [-0.39, 0.29) is 5.91 Å². The fourth-order valence-corrected chi connectivity index (χ4v) is 3.19. The molecule has 0 atom stereocenters. The van der Waals surface area contributed by atoms with E-state index in [1.54, 1.807) is 24.2 Å². The van der Waals surface area contributed by atoms with Crippen LogP contribution in [0.15, 0.2) is 55.1 Å². The molecule has 0 unspecified atom stereocenters. The molecular formula is C21H22N4O2. The van der Waals surface area contributed by atoms with Gasteiger partial charge in [-0.25, -0.2) is 0 Å². The Bertz CT molecular complexity index is 962. The van der Waals surface area contributed by atoms with Gasteiger partial charge in [-0.2, -0.15) is 5.10 Å². The number of rotatable bonds is 6. The van der Waals surface area contributed by atoms with Crippen molar-refractivity contribution in [1.29, 1.82) is 0 Å². The summed E-state index contributed by atoms with van der Waals surface area (Å²) in [6, 6.07) is 9.94. The number of aryl methyl sites for hydroxylation is 1. The highest BCUT2D eigenvalue weighted by molar-refractivity contribution is 5.95. The van der Waals surface area contributed by atoms with Crippen LogP contribution in [0.25, 0.3) is 11.1 Å². The molecule has 1 aliphatic carbocycles. The summed E-state index contributed by atoms with van der Waals surface area (Å²) in [4.78, 5) is 19.4. The minimum absolute atomic E-state index is 0.0547. The maximum atomic E-state index is 13.2. The zero-order valence-corrected chi connectivity index (χ0v) is 15.5. The third-order valence-electron chi connectivity index (χ3n) is 4.75. The molecule has 4 rings (SSSR count). The molecule has 138 valence electrons. The first kappa shape index (κ1) is 17.3. The second kappa shape index (κ2) is 7.23. The lowest BCUT2D eigenvalue weighted by atomic mass is 10.0. The zero-order valence-electron chi connectivity index (χ0n) is 15.5. The van der Waals surface area contributed by atoms with E-state index in [9.17, 15) is 4.79 Å². The van der Waals surface area contributed by atoms with Gasteiger partial charge >= 0.3 is 0 Å². The van der Waals surface area contributed by atoms with Gasteiger partial charge in [-0.15, -0.1) is 0 Å². The summed E-state index contributed by atoms with van der Waals surface area (Å²) in [5.41, 5.74) is 3.61. The third-order valence-corrected chi connectivity index (χ3v) is 4.75. The SMILES string of the molecule is COc1cncc(-c2cccc(C(=O)N(Cc3cnn(C)c3)C3CC3)c2)c1. The number of benzene rings is 1. The number of hydrogen-bond acceptors (Lipinski definition) is 4. The number of pyridine rings is 1. The van der Waals surface area contributed by atoms with E-state index < -0.39 is 0 Å². The van der Waals surface area contributed by atoms with Crippen LogP contribution in [0, 0.1) is 0 Å². The third kappa shape index (κ3) is 3.84. The maximum absolute atomic E-state index is 13.2. The molecule has 0 saturated heterocycles. The van der Waals surface area contributed by atoms with Gasteiger partial charge < -0.3 is 9.64 Å². The van der Waals surface area contributed by atoms with Crippen molar-refractivity contribution in [2.24, 2.45) is 7.05 Å². The molecule has 1 fully saturated rings. The average Bonchev–Trinajstić information content (AvgIpc) is 3.47. The molecule has 0 N–H and O–H groups in total. The first-order valence-electron chi connectivity index (χ1n) is 9.02. The van der Waals surface area contributed by atoms with Crippen molar-refractivity contribution >= 4 is 5.91 Å². The number of methoxy groups -OCH3 is 1. The minimum Gasteiger partial charge on any atom is -0.495 e. The number of nitrogens with zero attached hydrogens (tertiary/aromatic N) is 4. The topological polar surface area (TPSA) is 60.2 Å². The van der Waals surface area contributed by atoms with Crippen molar-refractivity contribution in [3.63, 3.8) is 0 Å². The first-order chi connectivity index (χ1) is 13.1. The molecular weight excluding hydrogens is 340 g/mol. The molecule has 0 radical (unpaired) electrons. The van der Waals surface area contributed by atoms with E-state index in [4.69, 9.17) is 4.74 Å². The Labute approximate surface area is 158 Å². The van der Waals surface area contributed by atoms with Crippen molar-refractivity contribution < 1.29 is 9.53 Å². The van der Waals surface area contributed by atoms with Gasteiger partial charge in [0.1, 0.15) is 5.75 Å². The summed E-state index contributed by atoms with van der Waals surface area (Å²) >= 11 is 0. The zero-order chi connectivity index (χ0) is 18.8. The van der Waals surface area contributed by atoms with Gasteiger partial charge in [-0.1, -0.05) is 12.1 Å². The highest BCUT2D eigenvalue weighted by atomic mass is 16.5. The highest BCUT2D eigenvalue weighted by Gasteiger charge is 2.33. The Morgan fingerprint density at radius 3 is 2.78 bits per heavy atom. The van der Waals surface area contributed by atoms with Crippen LogP contribution in [-0.4, -0.2) is 38.7 Å². The standard InChI is InChI=1S/C21H22N4O2/c1-24-13-15(10-23-24)14-25(19-6-7-19)21(26)17-5-3-4-16(8-17)18-9-20(27-2)12-22-11-18/h3-5,8-13,19H,6-7,14H2,1-2H3. The van der Waals surface area contributed by atoms with E-state index in [1.807, 2.05) is 54.7 Å². The van der Waals surface area contributed by atoms with Gasteiger partial charge in [-0.05, 0) is 36.6 Å². The van der Waals surface area contributed by atoms with E-state index in [0.29, 0.717) is 23.9 Å². The molecule has 1 aromatic carbocycles. The van der Waals surface area contributed by atoms with Crippen molar-refractivity contribution in [2.45, 2.75) is 25.4 Å². The quantitative estimate of drug-likeness (QED) is 0.675. The Morgan fingerprint density at radius 1 is 1.22 bits per heavy atom. The van der Waals surface area contributed by atoms with Gasteiger partial charge in [0.2, 0.25) is 0 Å². The normalized spacial score (nSPS) is 13.4. The number of amides is 1. The lowest BCUT2D eigenvalue weighted by Crippen LogP contribution is -2.32. The summed E-state index contributed by atoms with van der Waals surface area (Å²) < 4.78 is 7.02. The smallest absolute Gasteiger partial charge is 0.254 e. The fourth-order valence-electron chi connectivity index (χ4n) is 3.19. The molecule has 0 bridgehead atoms. The maximum Gasteiger partial charge on any atom is 0.254 e. The van der Waals surface area contributed by atoms with E-state index in [2.05, 4.69) is 10.1 Å². The van der Waals surface area contributed by atoms with E-state index in [0.717, 1.165) is 29.5 Å². The molecule has 0 spiro atoms. The summed E-state index contributed by atoms with van der Waals surface area (Å²) in [7, 11) is 3.51. The predicted molar refractivity (Wildman–Crippen MR) is 102 cm³/mol. The Morgan fingerprint density at radius 2 is 2.07 bits per heavy atom. The largest absolute Gasteiger partial charge is 0.495 e. The van der Waals surface area contributed by atoms with Gasteiger partial charge in [0.05, 0.1) is 19.5 Å². The monoisotopic (exact) mass is 362 g/mol. The van der Waals surface area contributed by atoms with Crippen LogP contribution in [-0.2, 0) is 13.6 Å². The second-order valence-electron chi connectivity index (χ2n) is 6.88. The van der Waals surface area contributed by atoms with Gasteiger partial charge in [0.25, 0.3) is 5.91 Å². The molecule has 6 nitrogen and oxygen atoms in total. The van der Waals surface area contributed by atoms with Crippen molar-refractivity contribution in [2.75, 3.05) is 7.11 Å². The molecule has 0 aliphatic heterocycles. The summed E-state index contributed by atoms with van der Waals surface area (Å²) in [6.07, 6.45) is 9.35. The van der Waals surface area contributed by atoms with Crippen LogP contribution in [0.5, 0.6) is 5.75 Å². The van der Waals surface area contributed by atoms with Crippen molar-refractivity contribution in [3.05, 3.63) is 66.2 Å². The Hall–Kier alpha value is -3.15. The second-order valence-corrected chi connectivity index (χ2v) is 6.88. The summed E-state index contributed by atoms with van der Waals surface area (Å²) in [5, 5.41) is 4.21. The van der Waals surface area contributed by atoms with Crippen molar-refractivity contribution in [1.82, 2.24) is 19.7 Å². The van der Waals surface area contributed by atoms with Crippen LogP contribution in [0.3, 0.4) is 0 Å². The number of ether oxygens (including phenoxy) is 1. The molecule has 1 aliphatic rings. The lowest BCUT2D eigenvalue weighted by Gasteiger charge is -2.22. The number of aromatic nitrogens is 3. The van der Waals surface area contributed by atoms with Crippen LogP contribution < -0.4 is 4.74 Å². The minimum atomic E-state index is 0.0547. The number of carbonyl (C=O) groups is 1. The van der Waals surface area contributed by atoms with Gasteiger partial charge in [0.15, 0.2) is 0 Å². The molecule has 6 heteroatoms. The molecule has 1 amide bonds. The predicted octanol–water partition coefficient (Wildman–Crippen LogP) is 3.30. The average molecular weight is 362 g/mol. The number of hydrogen-bond donors (Lipinski definition) is 0. The van der Waals surface area contributed by atoms with E-state index >= 15 is 0 Å². The van der Waals surface area contributed by atoms with Gasteiger partial charge in [0, 0.05) is 48.7 Å². The first-order valence-corrected chi connectivity index (χ1v) is 9.02. The molecule has 3 aromatic rings. The van der Waals surface area contributed by atoms with Gasteiger partial charge in [-0.3, -0.25) is 14.5 Å². The van der Waals surface area contributed by atoms with Crippen LogP contribution in [0.2, 0.25) is 0 Å². The lowest BCUT2D eigenvalue weighted by molar-refractivity contribution is 0.0730. The summed E-state index contributed by atoms with van der Waals surface area (Å²) in [6.45, 7) is 0.586.